The first-order valence-corrected chi connectivity index (χ1v) is 11.1. The summed E-state index contributed by atoms with van der Waals surface area (Å²) < 4.78 is 24.6. The summed E-state index contributed by atoms with van der Waals surface area (Å²) in [6.45, 7) is 4.22. The van der Waals surface area contributed by atoms with E-state index in [0.717, 1.165) is 43.0 Å². The van der Waals surface area contributed by atoms with Crippen LogP contribution in [0.1, 0.15) is 18.4 Å². The molecule has 0 amide bonds. The maximum Gasteiger partial charge on any atom is 0.229 e. The minimum atomic E-state index is -2.94. The molecule has 1 fully saturated rings. The maximum atomic E-state index is 11.4. The lowest BCUT2D eigenvalue weighted by Crippen LogP contribution is -2.38. The molecule has 0 spiro atoms. The minimum absolute atomic E-state index is 0.204. The molecule has 0 bridgehead atoms. The summed E-state index contributed by atoms with van der Waals surface area (Å²) in [4.78, 5) is 11.1. The second kappa shape index (κ2) is 8.22. The van der Waals surface area contributed by atoms with Gasteiger partial charge in [0.1, 0.15) is 15.7 Å². The third-order valence-electron chi connectivity index (χ3n) is 4.69. The molecule has 0 aliphatic carbocycles. The van der Waals surface area contributed by atoms with Crippen LogP contribution >= 0.6 is 0 Å². The molecule has 2 N–H and O–H groups in total. The summed E-state index contributed by atoms with van der Waals surface area (Å²) >= 11 is 0. The molecule has 148 valence electrons. The fraction of sp³-hybridized carbons (Fsp3) is 0.588. The van der Waals surface area contributed by atoms with Gasteiger partial charge in [-0.3, -0.25) is 9.58 Å². The topological polar surface area (TPSA) is 105 Å². The predicted molar refractivity (Wildman–Crippen MR) is 106 cm³/mol. The highest BCUT2D eigenvalue weighted by atomic mass is 32.2. The fourth-order valence-corrected chi connectivity index (χ4v) is 3.78. The van der Waals surface area contributed by atoms with E-state index in [9.17, 15) is 8.42 Å². The Morgan fingerprint density at radius 1 is 1.33 bits per heavy atom. The summed E-state index contributed by atoms with van der Waals surface area (Å²) in [5.74, 6) is 1.50. The van der Waals surface area contributed by atoms with Gasteiger partial charge in [0, 0.05) is 50.4 Å². The highest BCUT2D eigenvalue weighted by Crippen LogP contribution is 2.20. The molecule has 0 radical (unpaired) electrons. The molecule has 1 atom stereocenters. The molecule has 1 saturated heterocycles. The average Bonchev–Trinajstić information content (AvgIpc) is 3.21. The number of aromatic nitrogens is 4. The maximum absolute atomic E-state index is 11.4. The highest BCUT2D eigenvalue weighted by Gasteiger charge is 2.25. The predicted octanol–water partition coefficient (Wildman–Crippen LogP) is 1.18. The summed E-state index contributed by atoms with van der Waals surface area (Å²) in [7, 11) is -1.09. The summed E-state index contributed by atoms with van der Waals surface area (Å²) in [5, 5.41) is 10.7. The van der Waals surface area contributed by atoms with E-state index in [0.29, 0.717) is 18.5 Å². The van der Waals surface area contributed by atoms with Crippen molar-refractivity contribution in [2.45, 2.75) is 25.8 Å². The van der Waals surface area contributed by atoms with Gasteiger partial charge in [0.15, 0.2) is 0 Å². The van der Waals surface area contributed by atoms with Crippen LogP contribution in [0, 0.1) is 6.92 Å². The number of likely N-dealkylation sites (tertiary alicyclic amines) is 1. The van der Waals surface area contributed by atoms with Crippen LogP contribution in [-0.4, -0.2) is 70.8 Å². The zero-order valence-corrected chi connectivity index (χ0v) is 16.8. The lowest BCUT2D eigenvalue weighted by molar-refractivity contribution is 0.278. The Hall–Kier alpha value is -2.20. The Bertz CT molecular complexity index is 881. The summed E-state index contributed by atoms with van der Waals surface area (Å²) in [6.07, 6.45) is 8.79. The smallest absolute Gasteiger partial charge is 0.229 e. The van der Waals surface area contributed by atoms with E-state index in [1.807, 2.05) is 20.2 Å². The first kappa shape index (κ1) is 19.6. The van der Waals surface area contributed by atoms with Gasteiger partial charge in [0.05, 0.1) is 17.6 Å². The molecule has 2 aromatic heterocycles. The van der Waals surface area contributed by atoms with Crippen LogP contribution in [0.15, 0.2) is 18.6 Å². The van der Waals surface area contributed by atoms with Gasteiger partial charge >= 0.3 is 0 Å². The second-order valence-electron chi connectivity index (χ2n) is 7.10. The number of aryl methyl sites for hydroxylation is 2. The Morgan fingerprint density at radius 3 is 2.85 bits per heavy atom. The third kappa shape index (κ3) is 5.64. The van der Waals surface area contributed by atoms with Crippen molar-refractivity contribution in [3.63, 3.8) is 0 Å². The van der Waals surface area contributed by atoms with Crippen molar-refractivity contribution in [2.75, 3.05) is 42.3 Å². The zero-order chi connectivity index (χ0) is 19.4. The molecule has 0 aromatic carbocycles. The van der Waals surface area contributed by atoms with Crippen molar-refractivity contribution >= 4 is 27.3 Å². The van der Waals surface area contributed by atoms with Crippen LogP contribution in [-0.2, 0) is 16.9 Å². The van der Waals surface area contributed by atoms with Crippen molar-refractivity contribution in [3.8, 4) is 0 Å². The lowest BCUT2D eigenvalue weighted by Gasteiger charge is -2.24. The summed E-state index contributed by atoms with van der Waals surface area (Å²) in [5.41, 5.74) is 1.79. The number of anilines is 3. The van der Waals surface area contributed by atoms with Gasteiger partial charge in [-0.1, -0.05) is 0 Å². The Balaban J connectivity index is 1.60. The number of nitrogens with one attached hydrogen (secondary N) is 2. The minimum Gasteiger partial charge on any atom is -0.368 e. The number of sulfone groups is 1. The van der Waals surface area contributed by atoms with Crippen molar-refractivity contribution in [1.82, 2.24) is 24.6 Å². The van der Waals surface area contributed by atoms with Crippen molar-refractivity contribution in [3.05, 3.63) is 24.2 Å². The van der Waals surface area contributed by atoms with Crippen molar-refractivity contribution in [2.24, 2.45) is 7.05 Å². The van der Waals surface area contributed by atoms with E-state index < -0.39 is 9.84 Å². The first-order chi connectivity index (χ1) is 12.8. The van der Waals surface area contributed by atoms with Crippen LogP contribution in [0.4, 0.5) is 17.5 Å². The van der Waals surface area contributed by atoms with Crippen LogP contribution < -0.4 is 10.6 Å². The third-order valence-corrected chi connectivity index (χ3v) is 5.61. The van der Waals surface area contributed by atoms with E-state index in [2.05, 4.69) is 30.6 Å². The molecule has 10 heteroatoms. The highest BCUT2D eigenvalue weighted by molar-refractivity contribution is 7.90. The molecule has 2 aromatic rings. The molecule has 1 aliphatic heterocycles. The van der Waals surface area contributed by atoms with Crippen molar-refractivity contribution < 1.29 is 8.42 Å². The van der Waals surface area contributed by atoms with E-state index in [1.54, 1.807) is 17.1 Å². The van der Waals surface area contributed by atoms with Crippen LogP contribution in [0.2, 0.25) is 0 Å². The molecule has 3 rings (SSSR count). The van der Waals surface area contributed by atoms with E-state index in [-0.39, 0.29) is 5.75 Å². The standard InChI is InChI=1S/C17H27N7O2S/c1-13-9-19-17(21-14-10-20-23(2)12-14)22-16(13)18-11-15-5-4-6-24(15)7-8-27(3,25)26/h9-10,12,15H,4-8,11H2,1-3H3,(H2,18,19,21,22)/t15-/m0/s1. The van der Waals surface area contributed by atoms with Gasteiger partial charge in [0.25, 0.3) is 0 Å². The summed E-state index contributed by atoms with van der Waals surface area (Å²) in [6, 6.07) is 0.316. The largest absolute Gasteiger partial charge is 0.368 e. The lowest BCUT2D eigenvalue weighted by atomic mass is 10.2. The molecule has 0 unspecified atom stereocenters. The zero-order valence-electron chi connectivity index (χ0n) is 16.0. The normalized spacial score (nSPS) is 18.0. The van der Waals surface area contributed by atoms with Crippen LogP contribution in [0.5, 0.6) is 0 Å². The molecule has 27 heavy (non-hydrogen) atoms. The van der Waals surface area contributed by atoms with Crippen LogP contribution in [0.25, 0.3) is 0 Å². The van der Waals surface area contributed by atoms with Crippen molar-refractivity contribution in [1.29, 1.82) is 0 Å². The number of rotatable bonds is 8. The van der Waals surface area contributed by atoms with Gasteiger partial charge in [0.2, 0.25) is 5.95 Å². The van der Waals surface area contributed by atoms with Gasteiger partial charge in [-0.25, -0.2) is 13.4 Å². The van der Waals surface area contributed by atoms with Gasteiger partial charge in [-0.2, -0.15) is 10.1 Å². The Labute approximate surface area is 160 Å². The molecule has 3 heterocycles. The Morgan fingerprint density at radius 2 is 2.15 bits per heavy atom. The van der Waals surface area contributed by atoms with Gasteiger partial charge in [-0.05, 0) is 26.3 Å². The van der Waals surface area contributed by atoms with E-state index >= 15 is 0 Å². The number of hydrogen-bond acceptors (Lipinski definition) is 8. The molecular weight excluding hydrogens is 366 g/mol. The Kier molecular flexibility index (Phi) is 5.95. The van der Waals surface area contributed by atoms with E-state index in [1.165, 1.54) is 6.26 Å². The van der Waals surface area contributed by atoms with Crippen LogP contribution in [0.3, 0.4) is 0 Å². The van der Waals surface area contributed by atoms with E-state index in [4.69, 9.17) is 0 Å². The molecule has 9 nitrogen and oxygen atoms in total. The second-order valence-corrected chi connectivity index (χ2v) is 9.36. The molecular formula is C17H27N7O2S. The number of nitrogens with zero attached hydrogens (tertiary/aromatic N) is 5. The average molecular weight is 394 g/mol. The molecule has 1 aliphatic rings. The van der Waals surface area contributed by atoms with Gasteiger partial charge < -0.3 is 10.6 Å². The quantitative estimate of drug-likeness (QED) is 0.689. The first-order valence-electron chi connectivity index (χ1n) is 9.05. The number of hydrogen-bond donors (Lipinski definition) is 2. The molecule has 0 saturated carbocycles. The fourth-order valence-electron chi connectivity index (χ4n) is 3.21. The SMILES string of the molecule is Cc1cnc(Nc2cnn(C)c2)nc1NC[C@@H]1CCCN1CCS(C)(=O)=O. The van der Waals surface area contributed by atoms with Gasteiger partial charge in [-0.15, -0.1) is 0 Å². The monoisotopic (exact) mass is 393 g/mol.